The lowest BCUT2D eigenvalue weighted by Crippen LogP contribution is -2.40. The van der Waals surface area contributed by atoms with Crippen LogP contribution in [0.15, 0.2) is 48.5 Å². The molecular formula is C19H18FN3O3. The van der Waals surface area contributed by atoms with Crippen LogP contribution < -0.4 is 4.90 Å². The molecule has 134 valence electrons. The van der Waals surface area contributed by atoms with Crippen molar-refractivity contribution in [1.29, 1.82) is 0 Å². The largest absolute Gasteiger partial charge is 0.340 e. The Labute approximate surface area is 150 Å². The number of hydrogen-bond donors (Lipinski definition) is 0. The predicted octanol–water partition coefficient (Wildman–Crippen LogP) is 2.52. The topological polar surface area (TPSA) is 60.9 Å². The van der Waals surface area contributed by atoms with E-state index in [0.717, 1.165) is 15.4 Å². The fourth-order valence-corrected chi connectivity index (χ4v) is 2.79. The van der Waals surface area contributed by atoms with E-state index in [2.05, 4.69) is 0 Å². The van der Waals surface area contributed by atoms with Gasteiger partial charge in [0.05, 0.1) is 12.4 Å². The van der Waals surface area contributed by atoms with E-state index in [1.807, 2.05) is 6.92 Å². The highest BCUT2D eigenvalue weighted by Crippen LogP contribution is 2.23. The molecule has 0 spiro atoms. The third kappa shape index (κ3) is 3.48. The van der Waals surface area contributed by atoms with Crippen molar-refractivity contribution in [3.8, 4) is 0 Å². The Morgan fingerprint density at radius 2 is 1.69 bits per heavy atom. The first-order valence-electron chi connectivity index (χ1n) is 8.06. The second-order valence-electron chi connectivity index (χ2n) is 6.28. The van der Waals surface area contributed by atoms with E-state index in [0.29, 0.717) is 17.8 Å². The fraction of sp³-hybridized carbons (Fsp3) is 0.211. The number of rotatable bonds is 5. The lowest BCUT2D eigenvalue weighted by atomic mass is 10.2. The molecule has 0 unspecified atom stereocenters. The predicted molar refractivity (Wildman–Crippen MR) is 93.6 cm³/mol. The Hall–Kier alpha value is -3.06. The number of nitrogens with zero attached hydrogens (tertiary/aromatic N) is 3. The molecule has 0 N–H and O–H groups in total. The molecule has 7 heteroatoms. The van der Waals surface area contributed by atoms with E-state index in [1.165, 1.54) is 12.1 Å². The SMILES string of the molecule is Cc1ccc(N2C(=O)C(=O)N(CN(C)Cc3cccc(F)c3)C2=O)cc1. The van der Waals surface area contributed by atoms with Gasteiger partial charge < -0.3 is 0 Å². The first-order chi connectivity index (χ1) is 12.4. The number of imide groups is 2. The van der Waals surface area contributed by atoms with Crippen molar-refractivity contribution in [2.75, 3.05) is 18.6 Å². The molecule has 2 aromatic carbocycles. The van der Waals surface area contributed by atoms with Gasteiger partial charge in [0.15, 0.2) is 0 Å². The van der Waals surface area contributed by atoms with Crippen molar-refractivity contribution in [3.63, 3.8) is 0 Å². The van der Waals surface area contributed by atoms with E-state index >= 15 is 0 Å². The molecule has 1 saturated heterocycles. The number of hydrogen-bond acceptors (Lipinski definition) is 4. The molecular weight excluding hydrogens is 337 g/mol. The highest BCUT2D eigenvalue weighted by Gasteiger charge is 2.45. The number of amides is 4. The minimum absolute atomic E-state index is 0.0672. The molecule has 0 saturated carbocycles. The van der Waals surface area contributed by atoms with Crippen LogP contribution in [0.3, 0.4) is 0 Å². The van der Waals surface area contributed by atoms with E-state index in [-0.39, 0.29) is 12.5 Å². The van der Waals surface area contributed by atoms with Crippen LogP contribution in [-0.4, -0.2) is 41.4 Å². The number of urea groups is 1. The zero-order chi connectivity index (χ0) is 18.8. The van der Waals surface area contributed by atoms with E-state index < -0.39 is 17.8 Å². The number of aryl methyl sites for hydroxylation is 1. The lowest BCUT2D eigenvalue weighted by Gasteiger charge is -2.22. The van der Waals surface area contributed by atoms with Crippen LogP contribution in [0.5, 0.6) is 0 Å². The zero-order valence-corrected chi connectivity index (χ0v) is 14.5. The molecule has 1 heterocycles. The Kier molecular flexibility index (Phi) is 4.81. The molecule has 0 aliphatic carbocycles. The van der Waals surface area contributed by atoms with E-state index in [4.69, 9.17) is 0 Å². The van der Waals surface area contributed by atoms with Gasteiger partial charge in [-0.2, -0.15) is 0 Å². The summed E-state index contributed by atoms with van der Waals surface area (Å²) in [5.41, 5.74) is 2.04. The molecule has 0 atom stereocenters. The van der Waals surface area contributed by atoms with Crippen LogP contribution in [0.4, 0.5) is 14.9 Å². The third-order valence-electron chi connectivity index (χ3n) is 4.07. The zero-order valence-electron chi connectivity index (χ0n) is 14.5. The molecule has 0 bridgehead atoms. The lowest BCUT2D eigenvalue weighted by molar-refractivity contribution is -0.140. The van der Waals surface area contributed by atoms with Crippen molar-refractivity contribution in [2.45, 2.75) is 13.5 Å². The summed E-state index contributed by atoms with van der Waals surface area (Å²) in [6, 6.07) is 12.2. The Morgan fingerprint density at radius 3 is 2.35 bits per heavy atom. The summed E-state index contributed by atoms with van der Waals surface area (Å²) in [7, 11) is 1.68. The van der Waals surface area contributed by atoms with Gasteiger partial charge in [-0.15, -0.1) is 0 Å². The normalized spacial score (nSPS) is 14.7. The minimum atomic E-state index is -0.877. The van der Waals surface area contributed by atoms with Gasteiger partial charge in [0.1, 0.15) is 5.82 Å². The third-order valence-corrected chi connectivity index (χ3v) is 4.07. The van der Waals surface area contributed by atoms with Gasteiger partial charge in [0, 0.05) is 6.54 Å². The first kappa shape index (κ1) is 17.8. The van der Waals surface area contributed by atoms with Crippen LogP contribution in [0.1, 0.15) is 11.1 Å². The van der Waals surface area contributed by atoms with Crippen LogP contribution in [0, 0.1) is 12.7 Å². The summed E-state index contributed by atoms with van der Waals surface area (Å²) in [6.07, 6.45) is 0. The van der Waals surface area contributed by atoms with Crippen molar-refractivity contribution in [3.05, 3.63) is 65.5 Å². The summed E-state index contributed by atoms with van der Waals surface area (Å²) >= 11 is 0. The smallest absolute Gasteiger partial charge is 0.284 e. The number of benzene rings is 2. The van der Waals surface area contributed by atoms with Crippen molar-refractivity contribution in [2.24, 2.45) is 0 Å². The van der Waals surface area contributed by atoms with Crippen molar-refractivity contribution < 1.29 is 18.8 Å². The maximum absolute atomic E-state index is 13.3. The summed E-state index contributed by atoms with van der Waals surface area (Å²) < 4.78 is 13.3. The molecule has 2 aromatic rings. The van der Waals surface area contributed by atoms with Gasteiger partial charge in [0.25, 0.3) is 0 Å². The average Bonchev–Trinajstić information content (AvgIpc) is 2.80. The molecule has 6 nitrogen and oxygen atoms in total. The minimum Gasteiger partial charge on any atom is -0.284 e. The van der Waals surface area contributed by atoms with Gasteiger partial charge in [-0.25, -0.2) is 19.0 Å². The Balaban J connectivity index is 1.73. The average molecular weight is 355 g/mol. The summed E-state index contributed by atoms with van der Waals surface area (Å²) in [4.78, 5) is 40.5. The number of halogens is 1. The van der Waals surface area contributed by atoms with Gasteiger partial charge in [0.2, 0.25) is 0 Å². The maximum atomic E-state index is 13.3. The van der Waals surface area contributed by atoms with Gasteiger partial charge in [-0.05, 0) is 43.8 Å². The van der Waals surface area contributed by atoms with Crippen LogP contribution >= 0.6 is 0 Å². The van der Waals surface area contributed by atoms with Gasteiger partial charge in [-0.3, -0.25) is 14.5 Å². The molecule has 4 amide bonds. The summed E-state index contributed by atoms with van der Waals surface area (Å²) in [5.74, 6) is -2.11. The van der Waals surface area contributed by atoms with E-state index in [1.54, 1.807) is 48.3 Å². The summed E-state index contributed by atoms with van der Waals surface area (Å²) in [6.45, 7) is 2.14. The second-order valence-corrected chi connectivity index (χ2v) is 6.28. The van der Waals surface area contributed by atoms with Crippen LogP contribution in [0.2, 0.25) is 0 Å². The van der Waals surface area contributed by atoms with Gasteiger partial charge in [-0.1, -0.05) is 29.8 Å². The fourth-order valence-electron chi connectivity index (χ4n) is 2.79. The van der Waals surface area contributed by atoms with Crippen molar-refractivity contribution >= 4 is 23.5 Å². The number of carbonyl (C=O) groups is 3. The maximum Gasteiger partial charge on any atom is 0.340 e. The van der Waals surface area contributed by atoms with E-state index in [9.17, 15) is 18.8 Å². The first-order valence-corrected chi connectivity index (χ1v) is 8.06. The summed E-state index contributed by atoms with van der Waals surface area (Å²) in [5, 5.41) is 0. The molecule has 0 aromatic heterocycles. The van der Waals surface area contributed by atoms with Gasteiger partial charge >= 0.3 is 17.8 Å². The molecule has 1 aliphatic heterocycles. The highest BCUT2D eigenvalue weighted by molar-refractivity contribution is 6.52. The van der Waals surface area contributed by atoms with Crippen LogP contribution in [0.25, 0.3) is 0 Å². The molecule has 3 rings (SSSR count). The molecule has 1 fully saturated rings. The molecule has 0 radical (unpaired) electrons. The monoisotopic (exact) mass is 355 g/mol. The Bertz CT molecular complexity index is 867. The standard InChI is InChI=1S/C19H18FN3O3/c1-13-6-8-16(9-7-13)23-18(25)17(24)22(19(23)26)12-21(2)11-14-4-3-5-15(20)10-14/h3-10H,11-12H2,1-2H3. The second kappa shape index (κ2) is 7.05. The van der Waals surface area contributed by atoms with Crippen molar-refractivity contribution in [1.82, 2.24) is 9.80 Å². The number of anilines is 1. The molecule has 26 heavy (non-hydrogen) atoms. The highest BCUT2D eigenvalue weighted by atomic mass is 19.1. The number of carbonyl (C=O) groups excluding carboxylic acids is 3. The Morgan fingerprint density at radius 1 is 1.00 bits per heavy atom. The van der Waals surface area contributed by atoms with Crippen LogP contribution in [-0.2, 0) is 16.1 Å². The molecule has 1 aliphatic rings. The quantitative estimate of drug-likeness (QED) is 0.611.